The summed E-state index contributed by atoms with van der Waals surface area (Å²) in [4.78, 5) is 24.3. The normalized spacial score (nSPS) is 49.0. The van der Waals surface area contributed by atoms with E-state index in [1.165, 1.54) is 5.57 Å². The van der Waals surface area contributed by atoms with Crippen LogP contribution in [0.4, 0.5) is 0 Å². The molecule has 0 aromatic heterocycles. The zero-order valence-corrected chi connectivity index (χ0v) is 16.2. The summed E-state index contributed by atoms with van der Waals surface area (Å²) in [7, 11) is 0. The second-order valence-electron chi connectivity index (χ2n) is 9.41. The van der Waals surface area contributed by atoms with Crippen molar-refractivity contribution in [1.82, 2.24) is 0 Å². The van der Waals surface area contributed by atoms with Gasteiger partial charge >= 0.3 is 0 Å². The van der Waals surface area contributed by atoms with Crippen LogP contribution in [0.1, 0.15) is 58.8 Å². The zero-order valence-electron chi connectivity index (χ0n) is 15.3. The van der Waals surface area contributed by atoms with Gasteiger partial charge in [0.05, 0.1) is 0 Å². The molecule has 0 aliphatic heterocycles. The van der Waals surface area contributed by atoms with Crippen molar-refractivity contribution in [2.75, 3.05) is 6.61 Å². The van der Waals surface area contributed by atoms with Crippen molar-refractivity contribution in [1.29, 1.82) is 0 Å². The largest absolute Gasteiger partial charge is 0.389 e. The van der Waals surface area contributed by atoms with Crippen LogP contribution in [-0.4, -0.2) is 28.5 Å². The Kier molecular flexibility index (Phi) is 4.23. The molecule has 3 fully saturated rings. The molecule has 0 spiro atoms. The molecule has 0 radical (unpaired) electrons. The number of rotatable bonds is 2. The second kappa shape index (κ2) is 5.95. The summed E-state index contributed by atoms with van der Waals surface area (Å²) in [6.45, 7) is 4.34. The van der Waals surface area contributed by atoms with Gasteiger partial charge in [-0.1, -0.05) is 13.8 Å². The van der Waals surface area contributed by atoms with E-state index in [-0.39, 0.29) is 40.2 Å². The van der Waals surface area contributed by atoms with Crippen LogP contribution in [-0.2, 0) is 9.59 Å². The minimum atomic E-state index is -0.316. The molecule has 7 unspecified atom stereocenters. The van der Waals surface area contributed by atoms with Crippen molar-refractivity contribution in [2.45, 2.75) is 64.0 Å². The third-order valence-corrected chi connectivity index (χ3v) is 9.01. The lowest BCUT2D eigenvalue weighted by Gasteiger charge is -2.59. The Labute approximate surface area is 156 Å². The van der Waals surface area contributed by atoms with Crippen molar-refractivity contribution in [3.05, 3.63) is 11.6 Å². The Bertz CT molecular complexity index is 641. The van der Waals surface area contributed by atoms with E-state index in [0.29, 0.717) is 24.2 Å². The maximum Gasteiger partial charge on any atom is 0.161 e. The number of aliphatic hydroxyl groups is 1. The highest BCUT2D eigenvalue weighted by atomic mass is 32.1. The lowest BCUT2D eigenvalue weighted by Crippen LogP contribution is -2.53. The fourth-order valence-corrected chi connectivity index (χ4v) is 7.86. The molecular weight excluding hydrogens is 332 g/mol. The summed E-state index contributed by atoms with van der Waals surface area (Å²) in [6.07, 6.45) is 8.79. The maximum absolute atomic E-state index is 12.3. The summed E-state index contributed by atoms with van der Waals surface area (Å²) in [5.41, 5.74) is 1.41. The molecule has 4 rings (SSSR count). The summed E-state index contributed by atoms with van der Waals surface area (Å²) < 4.78 is 0. The van der Waals surface area contributed by atoms with E-state index in [2.05, 4.69) is 13.8 Å². The van der Waals surface area contributed by atoms with Crippen LogP contribution >= 0.6 is 12.6 Å². The summed E-state index contributed by atoms with van der Waals surface area (Å²) in [5.74, 6) is 2.08. The van der Waals surface area contributed by atoms with E-state index in [9.17, 15) is 14.7 Å². The van der Waals surface area contributed by atoms with E-state index in [4.69, 9.17) is 12.6 Å². The highest BCUT2D eigenvalue weighted by molar-refractivity contribution is 7.81. The SMILES string of the molecule is CC12CCC(=O)C=C1C(S)CC1C2CCC2(C)C(C(=O)CO)CCC12. The van der Waals surface area contributed by atoms with Crippen LogP contribution in [0, 0.1) is 34.5 Å². The van der Waals surface area contributed by atoms with Crippen LogP contribution in [0.15, 0.2) is 11.6 Å². The number of carbonyl (C=O) groups is 2. The fourth-order valence-electron chi connectivity index (χ4n) is 7.25. The van der Waals surface area contributed by atoms with Gasteiger partial charge < -0.3 is 5.11 Å². The van der Waals surface area contributed by atoms with Crippen molar-refractivity contribution in [3.63, 3.8) is 0 Å². The minimum Gasteiger partial charge on any atom is -0.389 e. The molecule has 4 aliphatic rings. The third kappa shape index (κ3) is 2.43. The molecule has 0 amide bonds. The predicted molar refractivity (Wildman–Crippen MR) is 100 cm³/mol. The van der Waals surface area contributed by atoms with Crippen LogP contribution in [0.25, 0.3) is 0 Å². The van der Waals surface area contributed by atoms with Gasteiger partial charge in [-0.2, -0.15) is 12.6 Å². The molecular formula is C21H30O3S. The molecule has 4 heteroatoms. The summed E-state index contributed by atoms with van der Waals surface area (Å²) in [6, 6.07) is 0. The maximum atomic E-state index is 12.3. The molecule has 0 saturated heterocycles. The molecule has 3 nitrogen and oxygen atoms in total. The molecule has 0 bridgehead atoms. The van der Waals surface area contributed by atoms with Gasteiger partial charge in [0.25, 0.3) is 0 Å². The lowest BCUT2D eigenvalue weighted by atomic mass is 9.46. The van der Waals surface area contributed by atoms with Gasteiger partial charge in [-0.15, -0.1) is 0 Å². The van der Waals surface area contributed by atoms with E-state index in [1.54, 1.807) is 0 Å². The highest BCUT2D eigenvalue weighted by Crippen LogP contribution is 2.67. The molecule has 0 heterocycles. The smallest absolute Gasteiger partial charge is 0.161 e. The number of Topliss-reactive ketones (excluding diaryl/α,β-unsaturated/α-hetero) is 1. The molecule has 4 aliphatic carbocycles. The van der Waals surface area contributed by atoms with Gasteiger partial charge in [0, 0.05) is 17.6 Å². The number of aliphatic hydroxyl groups excluding tert-OH is 1. The Morgan fingerprint density at radius 2 is 2.00 bits per heavy atom. The topological polar surface area (TPSA) is 54.4 Å². The second-order valence-corrected chi connectivity index (χ2v) is 10.0. The van der Waals surface area contributed by atoms with E-state index in [1.807, 2.05) is 6.08 Å². The molecule has 1 N–H and O–H groups in total. The average Bonchev–Trinajstić information content (AvgIpc) is 2.93. The Morgan fingerprint density at radius 3 is 2.72 bits per heavy atom. The Hall–Kier alpha value is -0.610. The fraction of sp³-hybridized carbons (Fsp3) is 0.810. The lowest BCUT2D eigenvalue weighted by molar-refractivity contribution is -0.133. The monoisotopic (exact) mass is 362 g/mol. The summed E-state index contributed by atoms with van der Waals surface area (Å²) >= 11 is 4.91. The van der Waals surface area contributed by atoms with Crippen LogP contribution in [0.3, 0.4) is 0 Å². The van der Waals surface area contributed by atoms with E-state index >= 15 is 0 Å². The average molecular weight is 363 g/mol. The van der Waals surface area contributed by atoms with Gasteiger partial charge in [-0.3, -0.25) is 9.59 Å². The molecule has 25 heavy (non-hydrogen) atoms. The number of carbonyl (C=O) groups excluding carboxylic acids is 2. The van der Waals surface area contributed by atoms with Gasteiger partial charge in [0.1, 0.15) is 6.61 Å². The van der Waals surface area contributed by atoms with E-state index in [0.717, 1.165) is 38.5 Å². The number of hydrogen-bond acceptors (Lipinski definition) is 4. The molecule has 7 atom stereocenters. The number of hydrogen-bond donors (Lipinski definition) is 2. The van der Waals surface area contributed by atoms with Crippen molar-refractivity contribution < 1.29 is 14.7 Å². The van der Waals surface area contributed by atoms with Crippen LogP contribution in [0.5, 0.6) is 0 Å². The quantitative estimate of drug-likeness (QED) is 0.738. The van der Waals surface area contributed by atoms with Crippen LogP contribution < -0.4 is 0 Å². The van der Waals surface area contributed by atoms with Crippen molar-refractivity contribution in [3.8, 4) is 0 Å². The minimum absolute atomic E-state index is 0.0273. The van der Waals surface area contributed by atoms with Gasteiger partial charge in [0.2, 0.25) is 0 Å². The molecule has 3 saturated carbocycles. The van der Waals surface area contributed by atoms with Crippen molar-refractivity contribution >= 4 is 24.2 Å². The van der Waals surface area contributed by atoms with Gasteiger partial charge in [-0.05, 0) is 78.8 Å². The molecule has 138 valence electrons. The number of thiol groups is 1. The first-order chi connectivity index (χ1) is 11.8. The third-order valence-electron chi connectivity index (χ3n) is 8.52. The highest BCUT2D eigenvalue weighted by Gasteiger charge is 2.61. The van der Waals surface area contributed by atoms with Gasteiger partial charge in [0.15, 0.2) is 11.6 Å². The first kappa shape index (κ1) is 17.8. The molecule has 0 aromatic rings. The van der Waals surface area contributed by atoms with Gasteiger partial charge in [-0.25, -0.2) is 0 Å². The standard InChI is InChI=1S/C21H30O3S/c1-20-8-6-15-13(14(20)3-4-16(20)18(24)11-22)10-19(25)17-9-12(23)5-7-21(15,17)2/h9,13-16,19,22,25H,3-8,10-11H2,1-2H3. The molecule has 0 aromatic carbocycles. The summed E-state index contributed by atoms with van der Waals surface area (Å²) in [5, 5.41) is 9.57. The number of ketones is 2. The van der Waals surface area contributed by atoms with E-state index < -0.39 is 0 Å². The number of fused-ring (bicyclic) bond motifs is 5. The Balaban J connectivity index is 1.68. The van der Waals surface area contributed by atoms with Crippen molar-refractivity contribution in [2.24, 2.45) is 34.5 Å². The zero-order chi connectivity index (χ0) is 18.0. The first-order valence-corrected chi connectivity index (χ1v) is 10.4. The van der Waals surface area contributed by atoms with Crippen LogP contribution in [0.2, 0.25) is 0 Å². The first-order valence-electron chi connectivity index (χ1n) is 9.88. The Morgan fingerprint density at radius 1 is 1.24 bits per heavy atom. The predicted octanol–water partition coefficient (Wildman–Crippen LogP) is 3.60.